The lowest BCUT2D eigenvalue weighted by Gasteiger charge is -2.21. The standard InChI is InChI=1S/C43H51F3N8O9.C7H12O2/c1-31-3-4-33(41(56)51-36-23-35(43(44,45)46)24-37(25-36)54-28-32(2)50-29-54)22-40(31)53-42-49-6-5-39(52-42)34-21-38(27-48-26-34)63-20-19-62-18-17-61-16-15-60-14-13-59-12-11-58-10-9-57-8-7-47-30-55;8-6-4-1-2-5(3-4)7(6)9/h3-6,21-30H,7-20H2,1-2H3,(H,47,55)(H,51,56)(H,49,52,53);4-9H,1-3H2. The van der Waals surface area contributed by atoms with Crippen molar-refractivity contribution in [2.75, 3.05) is 103 Å². The van der Waals surface area contributed by atoms with Gasteiger partial charge in [-0.25, -0.2) is 15.0 Å². The van der Waals surface area contributed by atoms with Crippen LogP contribution in [0, 0.1) is 25.7 Å². The van der Waals surface area contributed by atoms with Crippen LogP contribution in [-0.4, -0.2) is 152 Å². The van der Waals surface area contributed by atoms with Crippen molar-refractivity contribution in [2.45, 2.75) is 51.5 Å². The summed E-state index contributed by atoms with van der Waals surface area (Å²) in [6, 6.07) is 11.7. The van der Waals surface area contributed by atoms with Gasteiger partial charge in [-0.3, -0.25) is 14.6 Å². The average molecular weight is 1010 g/mol. The van der Waals surface area contributed by atoms with E-state index in [9.17, 15) is 33.0 Å². The molecule has 4 atom stereocenters. The summed E-state index contributed by atoms with van der Waals surface area (Å²) in [4.78, 5) is 40.8. The second kappa shape index (κ2) is 28.8. The first-order valence-electron chi connectivity index (χ1n) is 23.7. The molecule has 72 heavy (non-hydrogen) atoms. The maximum Gasteiger partial charge on any atom is 0.416 e. The van der Waals surface area contributed by atoms with Gasteiger partial charge in [-0.15, -0.1) is 0 Å². The maximum atomic E-state index is 13.8. The van der Waals surface area contributed by atoms with Crippen LogP contribution in [0.25, 0.3) is 16.9 Å². The lowest BCUT2D eigenvalue weighted by molar-refractivity contribution is -0.137. The number of alkyl halides is 3. The second-order valence-corrected chi connectivity index (χ2v) is 16.9. The fourth-order valence-corrected chi connectivity index (χ4v) is 7.84. The molecule has 19 nitrogen and oxygen atoms in total. The van der Waals surface area contributed by atoms with Crippen molar-refractivity contribution in [2.24, 2.45) is 11.8 Å². The Morgan fingerprint density at radius 1 is 0.778 bits per heavy atom. The summed E-state index contributed by atoms with van der Waals surface area (Å²) in [5.41, 5.74) is 2.60. The Kier molecular flexibility index (Phi) is 22.1. The van der Waals surface area contributed by atoms with Crippen LogP contribution in [-0.2, 0) is 39.4 Å². The molecular formula is C50H63F3N8O11. The molecule has 0 saturated heterocycles. The number of ether oxygens (including phenoxy) is 7. The van der Waals surface area contributed by atoms with E-state index in [0.717, 1.165) is 37.0 Å². The Bertz CT molecular complexity index is 2430. The summed E-state index contributed by atoms with van der Waals surface area (Å²) >= 11 is 0. The number of pyridine rings is 1. The molecule has 2 saturated carbocycles. The molecular weight excluding hydrogens is 946 g/mol. The van der Waals surface area contributed by atoms with Crippen LogP contribution >= 0.6 is 0 Å². The summed E-state index contributed by atoms with van der Waals surface area (Å²) in [5, 5.41) is 26.7. The number of nitrogens with zero attached hydrogens (tertiary/aromatic N) is 5. The van der Waals surface area contributed by atoms with E-state index in [0.29, 0.717) is 132 Å². The molecule has 5 N–H and O–H groups in total. The minimum absolute atomic E-state index is 0.0297. The van der Waals surface area contributed by atoms with Gasteiger partial charge in [-0.2, -0.15) is 13.2 Å². The van der Waals surface area contributed by atoms with Crippen LogP contribution in [0.5, 0.6) is 5.75 Å². The van der Waals surface area contributed by atoms with Gasteiger partial charge in [-0.05, 0) is 93.0 Å². The third-order valence-electron chi connectivity index (χ3n) is 11.6. The Hall–Kier alpha value is -6.11. The number of benzene rings is 2. The van der Waals surface area contributed by atoms with Crippen LogP contribution in [0.15, 0.2) is 79.6 Å². The average Bonchev–Trinajstić information content (AvgIpc) is 4.11. The highest BCUT2D eigenvalue weighted by Crippen LogP contribution is 2.44. The first kappa shape index (κ1) is 55.2. The Labute approximate surface area is 415 Å². The van der Waals surface area contributed by atoms with Crippen molar-refractivity contribution in [1.29, 1.82) is 0 Å². The molecule has 2 aliphatic rings. The number of fused-ring (bicyclic) bond motifs is 2. The van der Waals surface area contributed by atoms with Crippen LogP contribution in [0.2, 0.25) is 0 Å². The fourth-order valence-electron chi connectivity index (χ4n) is 7.84. The SMILES string of the molecule is Cc1cn(-c2cc(NC(=O)c3ccc(C)c(Nc4nccc(-c5cncc(OCCOCCOCCOCCOCCOCCOCCNC=O)c5)n4)c3)cc(C(F)(F)F)c2)cn1.OC1C2CCC(C2)C1O. The molecule has 0 spiro atoms. The van der Waals surface area contributed by atoms with E-state index in [4.69, 9.17) is 33.2 Å². The molecule has 2 amide bonds. The molecule has 0 aliphatic heterocycles. The minimum atomic E-state index is -4.64. The van der Waals surface area contributed by atoms with E-state index in [-0.39, 0.29) is 29.5 Å². The molecule has 2 bridgehead atoms. The molecule has 2 fully saturated rings. The lowest BCUT2D eigenvalue weighted by atomic mass is 9.95. The van der Waals surface area contributed by atoms with E-state index < -0.39 is 29.9 Å². The van der Waals surface area contributed by atoms with Gasteiger partial charge in [0.25, 0.3) is 5.91 Å². The minimum Gasteiger partial charge on any atom is -0.490 e. The number of halogens is 3. The number of anilines is 3. The summed E-state index contributed by atoms with van der Waals surface area (Å²) in [6.45, 7) is 9.46. The number of hydrogen-bond acceptors (Lipinski definition) is 16. The molecule has 22 heteroatoms. The molecule has 390 valence electrons. The molecule has 5 aromatic rings. The number of hydrogen-bond donors (Lipinski definition) is 5. The van der Waals surface area contributed by atoms with E-state index in [1.807, 2.05) is 6.92 Å². The van der Waals surface area contributed by atoms with Crippen molar-refractivity contribution in [3.8, 4) is 22.7 Å². The van der Waals surface area contributed by atoms with Gasteiger partial charge in [-0.1, -0.05) is 6.07 Å². The van der Waals surface area contributed by atoms with Gasteiger partial charge in [0.15, 0.2) is 0 Å². The van der Waals surface area contributed by atoms with Gasteiger partial charge in [0.05, 0.1) is 121 Å². The van der Waals surface area contributed by atoms with E-state index in [1.165, 1.54) is 17.0 Å². The number of aliphatic hydroxyl groups excluding tert-OH is 2. The largest absolute Gasteiger partial charge is 0.490 e. The van der Waals surface area contributed by atoms with Crippen molar-refractivity contribution in [1.82, 2.24) is 29.8 Å². The first-order valence-corrected chi connectivity index (χ1v) is 23.7. The zero-order chi connectivity index (χ0) is 51.1. The molecule has 4 unspecified atom stereocenters. The number of carbonyl (C=O) groups is 2. The number of aliphatic hydroxyl groups is 2. The highest BCUT2D eigenvalue weighted by molar-refractivity contribution is 6.05. The van der Waals surface area contributed by atoms with E-state index in [2.05, 4.69) is 35.9 Å². The van der Waals surface area contributed by atoms with E-state index in [1.54, 1.807) is 62.0 Å². The summed E-state index contributed by atoms with van der Waals surface area (Å²) < 4.78 is 81.4. The van der Waals surface area contributed by atoms with Crippen LogP contribution in [0.3, 0.4) is 0 Å². The maximum absolute atomic E-state index is 13.8. The van der Waals surface area contributed by atoms with Gasteiger partial charge in [0.2, 0.25) is 12.4 Å². The number of nitrogens with one attached hydrogen (secondary N) is 3. The van der Waals surface area contributed by atoms with Crippen molar-refractivity contribution >= 4 is 29.6 Å². The number of aromatic nitrogens is 5. The third-order valence-corrected chi connectivity index (χ3v) is 11.6. The third kappa shape index (κ3) is 17.9. The number of carbonyl (C=O) groups excluding carboxylic acids is 2. The Morgan fingerprint density at radius 3 is 1.97 bits per heavy atom. The molecule has 0 radical (unpaired) electrons. The highest BCUT2D eigenvalue weighted by atomic mass is 19.4. The molecule has 2 aromatic carbocycles. The van der Waals surface area contributed by atoms with Crippen molar-refractivity contribution < 1.29 is 66.1 Å². The predicted molar refractivity (Wildman–Crippen MR) is 258 cm³/mol. The molecule has 3 heterocycles. The summed E-state index contributed by atoms with van der Waals surface area (Å²) in [7, 11) is 0. The predicted octanol–water partition coefficient (Wildman–Crippen LogP) is 5.72. The monoisotopic (exact) mass is 1010 g/mol. The zero-order valence-electron chi connectivity index (χ0n) is 40.4. The number of amides is 2. The fraction of sp³-hybridized carbons (Fsp3) is 0.480. The Balaban J connectivity index is 0.000000836. The zero-order valence-corrected chi connectivity index (χ0v) is 40.4. The number of rotatable bonds is 29. The normalized spacial score (nSPS) is 17.0. The topological polar surface area (TPSA) is 232 Å². The lowest BCUT2D eigenvalue weighted by Crippen LogP contribution is -2.31. The smallest absolute Gasteiger partial charge is 0.416 e. The molecule has 2 aliphatic carbocycles. The van der Waals surface area contributed by atoms with Crippen molar-refractivity contribution in [3.05, 3.63) is 102 Å². The van der Waals surface area contributed by atoms with Gasteiger partial charge < -0.3 is 63.9 Å². The van der Waals surface area contributed by atoms with E-state index >= 15 is 0 Å². The molecule has 3 aromatic heterocycles. The Morgan fingerprint density at radius 2 is 1.40 bits per heavy atom. The second-order valence-electron chi connectivity index (χ2n) is 16.9. The van der Waals surface area contributed by atoms with Crippen LogP contribution in [0.1, 0.15) is 46.4 Å². The first-order chi connectivity index (χ1) is 34.9. The van der Waals surface area contributed by atoms with Gasteiger partial charge in [0, 0.05) is 53.3 Å². The van der Waals surface area contributed by atoms with Crippen LogP contribution in [0.4, 0.5) is 30.5 Å². The van der Waals surface area contributed by atoms with Gasteiger partial charge >= 0.3 is 6.18 Å². The van der Waals surface area contributed by atoms with Crippen molar-refractivity contribution in [3.63, 3.8) is 0 Å². The number of aryl methyl sites for hydroxylation is 2. The molecule has 7 rings (SSSR count). The highest BCUT2D eigenvalue weighted by Gasteiger charge is 2.45. The summed E-state index contributed by atoms with van der Waals surface area (Å²) in [6.07, 6.45) is 6.31. The summed E-state index contributed by atoms with van der Waals surface area (Å²) in [5.74, 6) is 0.993. The quantitative estimate of drug-likeness (QED) is 0.0285. The van der Waals surface area contributed by atoms with Gasteiger partial charge in [0.1, 0.15) is 12.4 Å². The number of imidazole rings is 1. The van der Waals surface area contributed by atoms with Crippen LogP contribution < -0.4 is 20.7 Å².